The van der Waals surface area contributed by atoms with Gasteiger partial charge in [-0.3, -0.25) is 0 Å². The van der Waals surface area contributed by atoms with E-state index in [0.29, 0.717) is 6.04 Å². The Balaban J connectivity index is 2.02. The molecule has 0 unspecified atom stereocenters. The summed E-state index contributed by atoms with van der Waals surface area (Å²) in [7, 11) is 2.10. The van der Waals surface area contributed by atoms with Gasteiger partial charge in [0.05, 0.1) is 11.9 Å². The molecule has 0 bridgehead atoms. The van der Waals surface area contributed by atoms with Gasteiger partial charge in [-0.1, -0.05) is 48.0 Å². The Morgan fingerprint density at radius 2 is 1.79 bits per heavy atom. The first-order chi connectivity index (χ1) is 11.5. The van der Waals surface area contributed by atoms with Crippen LogP contribution in [0.1, 0.15) is 25.0 Å². The van der Waals surface area contributed by atoms with Crippen molar-refractivity contribution in [2.75, 3.05) is 17.3 Å². The smallest absolute Gasteiger partial charge is 0.136 e. The van der Waals surface area contributed by atoms with E-state index in [1.54, 1.807) is 0 Å². The van der Waals surface area contributed by atoms with Crippen LogP contribution in [0.4, 0.5) is 11.5 Å². The molecule has 0 saturated heterocycles. The Labute approximate surface area is 144 Å². The number of aromatic nitrogens is 1. The van der Waals surface area contributed by atoms with Crippen molar-refractivity contribution in [1.29, 1.82) is 0 Å². The van der Waals surface area contributed by atoms with Gasteiger partial charge in [0.1, 0.15) is 5.82 Å². The first-order valence-corrected chi connectivity index (χ1v) is 8.45. The van der Waals surface area contributed by atoms with Crippen LogP contribution in [0.15, 0.2) is 54.7 Å². The van der Waals surface area contributed by atoms with Gasteiger partial charge in [0.25, 0.3) is 0 Å². The predicted octanol–water partition coefficient (Wildman–Crippen LogP) is 5.00. The van der Waals surface area contributed by atoms with Gasteiger partial charge >= 0.3 is 0 Å². The number of benzene rings is 2. The normalized spacial score (nSPS) is 11.0. The topological polar surface area (TPSA) is 28.2 Å². The third kappa shape index (κ3) is 3.51. The van der Waals surface area contributed by atoms with Crippen LogP contribution >= 0.6 is 0 Å². The van der Waals surface area contributed by atoms with Crippen molar-refractivity contribution in [2.24, 2.45) is 0 Å². The number of aryl methyl sites for hydroxylation is 1. The summed E-state index contributed by atoms with van der Waals surface area (Å²) in [5.41, 5.74) is 3.64. The summed E-state index contributed by atoms with van der Waals surface area (Å²) in [6.07, 6.45) is 1.96. The highest BCUT2D eigenvalue weighted by Crippen LogP contribution is 2.31. The third-order valence-corrected chi connectivity index (χ3v) is 4.09. The quantitative estimate of drug-likeness (QED) is 0.717. The molecule has 0 aliphatic rings. The fourth-order valence-electron chi connectivity index (χ4n) is 3.00. The molecule has 0 radical (unpaired) electrons. The first kappa shape index (κ1) is 16.3. The van der Waals surface area contributed by atoms with Crippen LogP contribution in [0, 0.1) is 6.92 Å². The standard InChI is InChI=1S/C21H25N3/c1-15(2)23-20-13-22-21(18-11-10-16(3)12-19(18)20)24(4)14-17-8-6-5-7-9-17/h5-13,15,23H,14H2,1-4H3. The van der Waals surface area contributed by atoms with Crippen LogP contribution < -0.4 is 10.2 Å². The maximum absolute atomic E-state index is 4.75. The highest BCUT2D eigenvalue weighted by atomic mass is 15.2. The zero-order valence-electron chi connectivity index (χ0n) is 14.9. The van der Waals surface area contributed by atoms with Crippen molar-refractivity contribution >= 4 is 22.3 Å². The zero-order valence-corrected chi connectivity index (χ0v) is 14.9. The summed E-state index contributed by atoms with van der Waals surface area (Å²) < 4.78 is 0. The molecule has 2 aromatic carbocycles. The van der Waals surface area contributed by atoms with E-state index < -0.39 is 0 Å². The van der Waals surface area contributed by atoms with E-state index in [1.165, 1.54) is 21.9 Å². The van der Waals surface area contributed by atoms with Crippen LogP contribution in [0.3, 0.4) is 0 Å². The highest BCUT2D eigenvalue weighted by Gasteiger charge is 2.12. The molecule has 3 heteroatoms. The molecule has 0 spiro atoms. The third-order valence-electron chi connectivity index (χ3n) is 4.09. The second kappa shape index (κ2) is 6.91. The maximum Gasteiger partial charge on any atom is 0.136 e. The number of pyridine rings is 1. The SMILES string of the molecule is Cc1ccc2c(N(C)Cc3ccccc3)ncc(NC(C)C)c2c1. The van der Waals surface area contributed by atoms with Crippen LogP contribution in [-0.4, -0.2) is 18.1 Å². The zero-order chi connectivity index (χ0) is 17.1. The van der Waals surface area contributed by atoms with Crippen LogP contribution in [0.5, 0.6) is 0 Å². The molecule has 3 rings (SSSR count). The van der Waals surface area contributed by atoms with E-state index in [2.05, 4.69) is 80.5 Å². The number of anilines is 2. The summed E-state index contributed by atoms with van der Waals surface area (Å²) in [4.78, 5) is 6.96. The number of nitrogens with one attached hydrogen (secondary N) is 1. The summed E-state index contributed by atoms with van der Waals surface area (Å²) >= 11 is 0. The number of nitrogens with zero attached hydrogens (tertiary/aromatic N) is 2. The lowest BCUT2D eigenvalue weighted by molar-refractivity contribution is 0.892. The van der Waals surface area contributed by atoms with Crippen LogP contribution in [0.2, 0.25) is 0 Å². The van der Waals surface area contributed by atoms with E-state index in [4.69, 9.17) is 4.98 Å². The number of hydrogen-bond donors (Lipinski definition) is 1. The highest BCUT2D eigenvalue weighted by molar-refractivity contribution is 6.00. The van der Waals surface area contributed by atoms with Gasteiger partial charge < -0.3 is 10.2 Å². The lowest BCUT2D eigenvalue weighted by atomic mass is 10.1. The van der Waals surface area contributed by atoms with Crippen molar-refractivity contribution in [3.63, 3.8) is 0 Å². The van der Waals surface area contributed by atoms with E-state index in [1.807, 2.05) is 12.3 Å². The molecule has 124 valence electrons. The molecule has 3 nitrogen and oxygen atoms in total. The number of fused-ring (bicyclic) bond motifs is 1. The summed E-state index contributed by atoms with van der Waals surface area (Å²) in [5.74, 6) is 1.02. The molecular weight excluding hydrogens is 294 g/mol. The van der Waals surface area contributed by atoms with Crippen LogP contribution in [0.25, 0.3) is 10.8 Å². The van der Waals surface area contributed by atoms with E-state index in [0.717, 1.165) is 18.1 Å². The Morgan fingerprint density at radius 3 is 2.50 bits per heavy atom. The molecule has 0 atom stereocenters. The summed E-state index contributed by atoms with van der Waals surface area (Å²) in [6.45, 7) is 7.27. The Bertz CT molecular complexity index is 825. The minimum absolute atomic E-state index is 0.378. The monoisotopic (exact) mass is 319 g/mol. The van der Waals surface area contributed by atoms with E-state index >= 15 is 0 Å². The predicted molar refractivity (Wildman–Crippen MR) is 104 cm³/mol. The molecule has 0 aliphatic carbocycles. The van der Waals surface area contributed by atoms with Crippen molar-refractivity contribution in [2.45, 2.75) is 33.4 Å². The summed E-state index contributed by atoms with van der Waals surface area (Å²) in [6, 6.07) is 17.5. The molecular formula is C21H25N3. The molecule has 0 aliphatic heterocycles. The number of rotatable bonds is 5. The van der Waals surface area contributed by atoms with Gasteiger partial charge in [-0.05, 0) is 32.4 Å². The number of hydrogen-bond acceptors (Lipinski definition) is 3. The lowest BCUT2D eigenvalue weighted by Crippen LogP contribution is -2.18. The van der Waals surface area contributed by atoms with E-state index in [9.17, 15) is 0 Å². The molecule has 3 aromatic rings. The Kier molecular flexibility index (Phi) is 4.70. The van der Waals surface area contributed by atoms with Crippen molar-refractivity contribution < 1.29 is 0 Å². The molecule has 0 fully saturated rings. The Morgan fingerprint density at radius 1 is 1.04 bits per heavy atom. The minimum atomic E-state index is 0.378. The van der Waals surface area contributed by atoms with Gasteiger partial charge in [0.15, 0.2) is 0 Å². The van der Waals surface area contributed by atoms with Gasteiger partial charge in [-0.2, -0.15) is 0 Å². The van der Waals surface area contributed by atoms with Gasteiger partial charge in [0, 0.05) is 30.4 Å². The van der Waals surface area contributed by atoms with Gasteiger partial charge in [-0.25, -0.2) is 4.98 Å². The van der Waals surface area contributed by atoms with Crippen molar-refractivity contribution in [3.8, 4) is 0 Å². The summed E-state index contributed by atoms with van der Waals surface area (Å²) in [5, 5.41) is 5.92. The molecule has 1 aromatic heterocycles. The molecule has 24 heavy (non-hydrogen) atoms. The van der Waals surface area contributed by atoms with E-state index in [-0.39, 0.29) is 0 Å². The van der Waals surface area contributed by atoms with Gasteiger partial charge in [0.2, 0.25) is 0 Å². The molecule has 0 saturated carbocycles. The van der Waals surface area contributed by atoms with Crippen molar-refractivity contribution in [1.82, 2.24) is 4.98 Å². The Hall–Kier alpha value is -2.55. The molecule has 1 N–H and O–H groups in total. The van der Waals surface area contributed by atoms with Crippen LogP contribution in [-0.2, 0) is 6.54 Å². The average molecular weight is 319 g/mol. The average Bonchev–Trinajstić information content (AvgIpc) is 2.55. The fourth-order valence-corrected chi connectivity index (χ4v) is 3.00. The molecule has 1 heterocycles. The fraction of sp³-hybridized carbons (Fsp3) is 0.286. The van der Waals surface area contributed by atoms with Gasteiger partial charge in [-0.15, -0.1) is 0 Å². The lowest BCUT2D eigenvalue weighted by Gasteiger charge is -2.22. The first-order valence-electron chi connectivity index (χ1n) is 8.45. The largest absolute Gasteiger partial charge is 0.381 e. The molecule has 0 amide bonds. The maximum atomic E-state index is 4.75. The van der Waals surface area contributed by atoms with Crippen molar-refractivity contribution in [3.05, 3.63) is 65.9 Å². The minimum Gasteiger partial charge on any atom is -0.381 e. The second-order valence-electron chi connectivity index (χ2n) is 6.69. The second-order valence-corrected chi connectivity index (χ2v) is 6.69.